The Hall–Kier alpha value is -2.53. The van der Waals surface area contributed by atoms with Gasteiger partial charge in [-0.3, -0.25) is 13.9 Å². The fourth-order valence-corrected chi connectivity index (χ4v) is 4.41. The summed E-state index contributed by atoms with van der Waals surface area (Å²) in [6.45, 7) is 4.58. The van der Waals surface area contributed by atoms with E-state index < -0.39 is 10.9 Å². The fourth-order valence-electron chi connectivity index (χ4n) is 2.52. The summed E-state index contributed by atoms with van der Waals surface area (Å²) in [6, 6.07) is 18.1. The number of benzene rings is 2. The van der Waals surface area contributed by atoms with Crippen LogP contribution in [0.5, 0.6) is 0 Å². The van der Waals surface area contributed by atoms with E-state index in [1.165, 1.54) is 5.57 Å². The Morgan fingerprint density at radius 3 is 2.04 bits per heavy atom. The van der Waals surface area contributed by atoms with Crippen LogP contribution in [0.1, 0.15) is 34.6 Å². The highest BCUT2D eigenvalue weighted by atomic mass is 32.2. The maximum atomic E-state index is 12.9. The van der Waals surface area contributed by atoms with Crippen molar-refractivity contribution in [3.8, 4) is 0 Å². The van der Waals surface area contributed by atoms with Gasteiger partial charge in [0, 0.05) is 27.8 Å². The first kappa shape index (κ1) is 17.3. The van der Waals surface area contributed by atoms with Gasteiger partial charge >= 0.3 is 0 Å². The summed E-state index contributed by atoms with van der Waals surface area (Å²) in [5.41, 5.74) is 3.53. The molecule has 1 aliphatic heterocycles. The molecule has 3 rings (SSSR count). The van der Waals surface area contributed by atoms with E-state index in [4.69, 9.17) is 0 Å². The Kier molecular flexibility index (Phi) is 5.24. The van der Waals surface area contributed by atoms with Crippen molar-refractivity contribution < 1.29 is 9.59 Å². The van der Waals surface area contributed by atoms with Crippen LogP contribution < -0.4 is 0 Å². The van der Waals surface area contributed by atoms with Gasteiger partial charge in [0.25, 0.3) is 11.8 Å². The minimum Gasteiger partial charge on any atom is -0.269 e. The van der Waals surface area contributed by atoms with E-state index in [0.717, 1.165) is 5.57 Å². The lowest BCUT2D eigenvalue weighted by Gasteiger charge is -2.30. The highest BCUT2D eigenvalue weighted by Gasteiger charge is 2.26. The lowest BCUT2D eigenvalue weighted by atomic mass is 10.1. The molecule has 0 fully saturated rings. The molecule has 5 heteroatoms. The molecular weight excluding hydrogens is 332 g/mol. The summed E-state index contributed by atoms with van der Waals surface area (Å²) in [6.07, 6.45) is 0. The lowest BCUT2D eigenvalue weighted by molar-refractivity contribution is 0.0875. The van der Waals surface area contributed by atoms with Gasteiger partial charge in [0.05, 0.1) is 6.54 Å². The van der Waals surface area contributed by atoms with Gasteiger partial charge in [-0.05, 0) is 38.1 Å². The molecule has 2 aromatic rings. The van der Waals surface area contributed by atoms with Gasteiger partial charge in [-0.1, -0.05) is 47.5 Å². The molecule has 1 heterocycles. The number of carbonyl (C=O) groups excluding carboxylic acids is 2. The van der Waals surface area contributed by atoms with E-state index in [0.29, 0.717) is 23.4 Å². The molecular formula is C20H20N2O2S. The average molecular weight is 352 g/mol. The zero-order valence-corrected chi connectivity index (χ0v) is 15.1. The van der Waals surface area contributed by atoms with Crippen molar-refractivity contribution in [3.05, 3.63) is 82.9 Å². The molecule has 4 nitrogen and oxygen atoms in total. The van der Waals surface area contributed by atoms with Crippen LogP contribution in [-0.2, 0) is 10.9 Å². The van der Waals surface area contributed by atoms with Gasteiger partial charge < -0.3 is 0 Å². The van der Waals surface area contributed by atoms with Crippen molar-refractivity contribution in [2.45, 2.75) is 13.8 Å². The summed E-state index contributed by atoms with van der Waals surface area (Å²) < 4.78 is 6.10. The van der Waals surface area contributed by atoms with Crippen LogP contribution in [0.3, 0.4) is 0 Å². The predicted molar refractivity (Wildman–Crippen MR) is 101 cm³/mol. The van der Waals surface area contributed by atoms with Crippen LogP contribution in [0.15, 0.2) is 76.2 Å². The Balaban J connectivity index is 1.95. The SMILES string of the molecule is CC1=C(C)C[S@@](=NC(=O)c2ccccc2)N(C(=O)c2ccccc2)C1. The first-order chi connectivity index (χ1) is 12.1. The van der Waals surface area contributed by atoms with Crippen molar-refractivity contribution in [2.75, 3.05) is 12.3 Å². The topological polar surface area (TPSA) is 49.7 Å². The molecule has 0 aliphatic carbocycles. The summed E-state index contributed by atoms with van der Waals surface area (Å²) in [4.78, 5) is 25.4. The van der Waals surface area contributed by atoms with E-state index in [2.05, 4.69) is 4.36 Å². The third-order valence-electron chi connectivity index (χ3n) is 4.17. The molecule has 0 unspecified atom stereocenters. The lowest BCUT2D eigenvalue weighted by Crippen LogP contribution is -2.39. The molecule has 0 spiro atoms. The quantitative estimate of drug-likeness (QED) is 0.766. The molecule has 128 valence electrons. The number of rotatable bonds is 2. The molecule has 0 saturated heterocycles. The number of amides is 2. The molecule has 2 amide bonds. The minimum absolute atomic E-state index is 0.0830. The van der Waals surface area contributed by atoms with Crippen LogP contribution in [-0.4, -0.2) is 28.4 Å². The molecule has 1 aliphatic rings. The van der Waals surface area contributed by atoms with Crippen molar-refractivity contribution in [1.82, 2.24) is 4.31 Å². The zero-order valence-electron chi connectivity index (χ0n) is 14.3. The molecule has 0 aromatic heterocycles. The highest BCUT2D eigenvalue weighted by Crippen LogP contribution is 2.21. The smallest absolute Gasteiger partial charge is 0.269 e. The zero-order chi connectivity index (χ0) is 17.8. The normalized spacial score (nSPS) is 17.7. The number of nitrogens with zero attached hydrogens (tertiary/aromatic N) is 2. The maximum Gasteiger partial charge on any atom is 0.284 e. The van der Waals surface area contributed by atoms with Crippen LogP contribution in [0.25, 0.3) is 0 Å². The molecule has 2 aromatic carbocycles. The Bertz CT molecular complexity index is 858. The first-order valence-electron chi connectivity index (χ1n) is 8.10. The largest absolute Gasteiger partial charge is 0.284 e. The average Bonchev–Trinajstić information content (AvgIpc) is 2.65. The predicted octanol–water partition coefficient (Wildman–Crippen LogP) is 4.04. The molecule has 0 bridgehead atoms. The van der Waals surface area contributed by atoms with Gasteiger partial charge in [-0.2, -0.15) is 4.36 Å². The Morgan fingerprint density at radius 2 is 1.44 bits per heavy atom. The van der Waals surface area contributed by atoms with Gasteiger partial charge in [0.15, 0.2) is 0 Å². The monoisotopic (exact) mass is 352 g/mol. The second-order valence-electron chi connectivity index (χ2n) is 6.02. The summed E-state index contributed by atoms with van der Waals surface area (Å²) in [7, 11) is -0.793. The molecule has 0 saturated carbocycles. The standard InChI is InChI=1S/C20H20N2O2S/c1-15-13-22(20(24)18-11-7-4-8-12-18)25(14-16(15)2)21-19(23)17-9-5-3-6-10-17/h3-12H,13-14H2,1-2H3/t25-/m0/s1. The van der Waals surface area contributed by atoms with Gasteiger partial charge in [0.1, 0.15) is 0 Å². The van der Waals surface area contributed by atoms with Crippen LogP contribution >= 0.6 is 0 Å². The van der Waals surface area contributed by atoms with E-state index >= 15 is 0 Å². The number of hydrogen-bond donors (Lipinski definition) is 0. The number of hydrogen-bond acceptors (Lipinski definition) is 2. The van der Waals surface area contributed by atoms with Gasteiger partial charge in [-0.25, -0.2) is 0 Å². The van der Waals surface area contributed by atoms with Crippen molar-refractivity contribution in [3.63, 3.8) is 0 Å². The third-order valence-corrected chi connectivity index (χ3v) is 6.04. The molecule has 25 heavy (non-hydrogen) atoms. The third kappa shape index (κ3) is 3.94. The van der Waals surface area contributed by atoms with Gasteiger partial charge in [-0.15, -0.1) is 0 Å². The van der Waals surface area contributed by atoms with E-state index in [-0.39, 0.29) is 11.8 Å². The Labute approximate surface area is 150 Å². The minimum atomic E-state index is -0.793. The number of carbonyl (C=O) groups is 2. The van der Waals surface area contributed by atoms with Crippen molar-refractivity contribution in [2.24, 2.45) is 4.36 Å². The molecule has 0 N–H and O–H groups in total. The van der Waals surface area contributed by atoms with Crippen molar-refractivity contribution in [1.29, 1.82) is 0 Å². The van der Waals surface area contributed by atoms with Crippen LogP contribution in [0.2, 0.25) is 0 Å². The maximum absolute atomic E-state index is 12.9. The summed E-state index contributed by atoms with van der Waals surface area (Å²) in [5, 5.41) is 0. The second-order valence-corrected chi connectivity index (χ2v) is 7.61. The van der Waals surface area contributed by atoms with E-state index in [1.54, 1.807) is 28.6 Å². The molecule has 0 radical (unpaired) electrons. The first-order valence-corrected chi connectivity index (χ1v) is 9.41. The van der Waals surface area contributed by atoms with E-state index in [9.17, 15) is 9.59 Å². The second kappa shape index (κ2) is 7.57. The summed E-state index contributed by atoms with van der Waals surface area (Å²) >= 11 is 0. The van der Waals surface area contributed by atoms with Gasteiger partial charge in [0.2, 0.25) is 0 Å². The summed E-state index contributed by atoms with van der Waals surface area (Å²) in [5.74, 6) is 0.255. The van der Waals surface area contributed by atoms with Crippen molar-refractivity contribution >= 4 is 22.7 Å². The van der Waals surface area contributed by atoms with Crippen LogP contribution in [0.4, 0.5) is 0 Å². The molecule has 1 atom stereocenters. The fraction of sp³-hybridized carbons (Fsp3) is 0.200. The van der Waals surface area contributed by atoms with E-state index in [1.807, 2.05) is 50.2 Å². The Morgan fingerprint density at radius 1 is 0.880 bits per heavy atom. The van der Waals surface area contributed by atoms with Crippen LogP contribution in [0, 0.1) is 0 Å². The highest BCUT2D eigenvalue weighted by molar-refractivity contribution is 7.86.